The molecule has 0 aliphatic rings. The lowest BCUT2D eigenvalue weighted by molar-refractivity contribution is -0.152. The summed E-state index contributed by atoms with van der Waals surface area (Å²) in [7, 11) is 0. The summed E-state index contributed by atoms with van der Waals surface area (Å²) in [6, 6.07) is 6.31. The summed E-state index contributed by atoms with van der Waals surface area (Å²) in [5, 5.41) is 17.9. The molecule has 1 aromatic rings. The van der Waals surface area contributed by atoms with E-state index in [0.29, 0.717) is 0 Å². The molecule has 0 amide bonds. The number of aromatic hydroxyl groups is 1. The Morgan fingerprint density at radius 3 is 2.39 bits per heavy atom. The summed E-state index contributed by atoms with van der Waals surface area (Å²) < 4.78 is 4.85. The minimum absolute atomic E-state index is 0.129. The van der Waals surface area contributed by atoms with E-state index in [-0.39, 0.29) is 25.2 Å². The van der Waals surface area contributed by atoms with Gasteiger partial charge in [0.2, 0.25) is 0 Å². The molecule has 0 heterocycles. The zero-order valence-electron chi connectivity index (χ0n) is 10.1. The number of esters is 1. The lowest BCUT2D eigenvalue weighted by Crippen LogP contribution is -2.23. The molecular formula is C13H16O5. The quantitative estimate of drug-likeness (QED) is 0.751. The molecule has 18 heavy (non-hydrogen) atoms. The maximum Gasteiger partial charge on any atom is 0.309 e. The predicted octanol–water partition coefficient (Wildman–Crippen LogP) is 1.59. The molecule has 1 aromatic carbocycles. The van der Waals surface area contributed by atoms with Crippen LogP contribution in [0.3, 0.4) is 0 Å². The van der Waals surface area contributed by atoms with Gasteiger partial charge >= 0.3 is 11.9 Å². The molecule has 0 aliphatic carbocycles. The number of benzene rings is 1. The van der Waals surface area contributed by atoms with E-state index in [0.717, 1.165) is 5.56 Å². The Morgan fingerprint density at radius 1 is 1.28 bits per heavy atom. The Labute approximate surface area is 105 Å². The second-order valence-corrected chi connectivity index (χ2v) is 3.92. The molecule has 0 radical (unpaired) electrons. The molecule has 5 heteroatoms. The first-order chi connectivity index (χ1) is 8.52. The van der Waals surface area contributed by atoms with Crippen LogP contribution in [0, 0.1) is 5.92 Å². The van der Waals surface area contributed by atoms with Crippen LogP contribution in [0.2, 0.25) is 0 Å². The summed E-state index contributed by atoms with van der Waals surface area (Å²) in [6.45, 7) is 1.90. The van der Waals surface area contributed by atoms with Gasteiger partial charge in [-0.1, -0.05) is 12.1 Å². The molecule has 0 saturated carbocycles. The molecule has 1 atom stereocenters. The number of hydrogen-bond donors (Lipinski definition) is 2. The highest BCUT2D eigenvalue weighted by atomic mass is 16.5. The van der Waals surface area contributed by atoms with E-state index in [2.05, 4.69) is 0 Å². The molecule has 0 spiro atoms. The highest BCUT2D eigenvalue weighted by molar-refractivity contribution is 5.79. The highest BCUT2D eigenvalue weighted by Crippen LogP contribution is 2.17. The first kappa shape index (κ1) is 14.0. The molecule has 0 fully saturated rings. The average Bonchev–Trinajstić information content (AvgIpc) is 2.31. The van der Waals surface area contributed by atoms with Crippen molar-refractivity contribution in [3.63, 3.8) is 0 Å². The average molecular weight is 252 g/mol. The molecular weight excluding hydrogens is 236 g/mol. The fourth-order valence-corrected chi connectivity index (χ4v) is 1.63. The van der Waals surface area contributed by atoms with Crippen LogP contribution in [0.4, 0.5) is 0 Å². The van der Waals surface area contributed by atoms with Crippen LogP contribution in [-0.4, -0.2) is 28.8 Å². The second-order valence-electron chi connectivity index (χ2n) is 3.92. The van der Waals surface area contributed by atoms with Crippen LogP contribution in [0.25, 0.3) is 0 Å². The summed E-state index contributed by atoms with van der Waals surface area (Å²) in [5.41, 5.74) is 0.784. The number of carbonyl (C=O) groups excluding carboxylic acids is 1. The van der Waals surface area contributed by atoms with E-state index in [1.54, 1.807) is 19.1 Å². The molecule has 2 N–H and O–H groups in total. The minimum Gasteiger partial charge on any atom is -0.508 e. The van der Waals surface area contributed by atoms with Gasteiger partial charge < -0.3 is 14.9 Å². The van der Waals surface area contributed by atoms with Crippen LogP contribution >= 0.6 is 0 Å². The van der Waals surface area contributed by atoms with Gasteiger partial charge in [-0.3, -0.25) is 9.59 Å². The SMILES string of the molecule is CCOC(=O)C(CC(=O)O)Cc1ccc(O)cc1. The number of carboxylic acids is 1. The highest BCUT2D eigenvalue weighted by Gasteiger charge is 2.23. The van der Waals surface area contributed by atoms with Crippen molar-refractivity contribution in [1.29, 1.82) is 0 Å². The smallest absolute Gasteiger partial charge is 0.309 e. The number of carboxylic acid groups (broad SMARTS) is 1. The summed E-state index contributed by atoms with van der Waals surface area (Å²) in [6.07, 6.45) is 0.0190. The summed E-state index contributed by atoms with van der Waals surface area (Å²) >= 11 is 0. The third-order valence-electron chi connectivity index (χ3n) is 2.46. The molecule has 1 rings (SSSR count). The molecule has 98 valence electrons. The van der Waals surface area contributed by atoms with Gasteiger partial charge in [0.15, 0.2) is 0 Å². The van der Waals surface area contributed by atoms with Gasteiger partial charge in [-0.05, 0) is 31.0 Å². The molecule has 0 saturated heterocycles. The normalized spacial score (nSPS) is 11.8. The maximum atomic E-state index is 11.6. The molecule has 0 aromatic heterocycles. The number of carbonyl (C=O) groups is 2. The fourth-order valence-electron chi connectivity index (χ4n) is 1.63. The Hall–Kier alpha value is -2.04. The van der Waals surface area contributed by atoms with Crippen LogP contribution in [0.1, 0.15) is 18.9 Å². The number of rotatable bonds is 6. The minimum atomic E-state index is -1.04. The Bertz CT molecular complexity index is 410. The largest absolute Gasteiger partial charge is 0.508 e. The van der Waals surface area contributed by atoms with Gasteiger partial charge in [0, 0.05) is 0 Å². The summed E-state index contributed by atoms with van der Waals surface area (Å²) in [5.74, 6) is -2.11. The van der Waals surface area contributed by atoms with E-state index in [1.165, 1.54) is 12.1 Å². The van der Waals surface area contributed by atoms with Gasteiger partial charge in [-0.2, -0.15) is 0 Å². The number of phenols is 1. The van der Waals surface area contributed by atoms with Crippen molar-refractivity contribution in [2.24, 2.45) is 5.92 Å². The lowest BCUT2D eigenvalue weighted by Gasteiger charge is -2.13. The Kier molecular flexibility index (Phi) is 5.17. The zero-order chi connectivity index (χ0) is 13.5. The monoisotopic (exact) mass is 252 g/mol. The molecule has 0 aliphatic heterocycles. The van der Waals surface area contributed by atoms with Crippen molar-refractivity contribution >= 4 is 11.9 Å². The van der Waals surface area contributed by atoms with Crippen molar-refractivity contribution in [3.05, 3.63) is 29.8 Å². The Balaban J connectivity index is 2.74. The van der Waals surface area contributed by atoms with Crippen LogP contribution < -0.4 is 0 Å². The van der Waals surface area contributed by atoms with Crippen molar-refractivity contribution in [3.8, 4) is 5.75 Å². The molecule has 1 unspecified atom stereocenters. The van der Waals surface area contributed by atoms with Crippen LogP contribution in [0.15, 0.2) is 24.3 Å². The summed E-state index contributed by atoms with van der Waals surface area (Å²) in [4.78, 5) is 22.3. The topological polar surface area (TPSA) is 83.8 Å². The van der Waals surface area contributed by atoms with Gasteiger partial charge in [-0.15, -0.1) is 0 Å². The lowest BCUT2D eigenvalue weighted by atomic mass is 9.96. The number of aliphatic carboxylic acids is 1. The Morgan fingerprint density at radius 2 is 1.89 bits per heavy atom. The predicted molar refractivity (Wildman–Crippen MR) is 64.2 cm³/mol. The number of hydrogen-bond acceptors (Lipinski definition) is 4. The van der Waals surface area contributed by atoms with Gasteiger partial charge in [-0.25, -0.2) is 0 Å². The van der Waals surface area contributed by atoms with E-state index in [9.17, 15) is 9.59 Å². The van der Waals surface area contributed by atoms with Crippen LogP contribution in [0.5, 0.6) is 5.75 Å². The third kappa shape index (κ3) is 4.45. The molecule has 0 bridgehead atoms. The van der Waals surface area contributed by atoms with Gasteiger partial charge in [0.05, 0.1) is 18.9 Å². The van der Waals surface area contributed by atoms with Gasteiger partial charge in [0.25, 0.3) is 0 Å². The fraction of sp³-hybridized carbons (Fsp3) is 0.385. The van der Waals surface area contributed by atoms with Crippen molar-refractivity contribution < 1.29 is 24.5 Å². The van der Waals surface area contributed by atoms with E-state index in [4.69, 9.17) is 14.9 Å². The number of phenolic OH excluding ortho intramolecular Hbond substituents is 1. The first-order valence-corrected chi connectivity index (χ1v) is 5.69. The zero-order valence-corrected chi connectivity index (χ0v) is 10.1. The van der Waals surface area contributed by atoms with Crippen molar-refractivity contribution in [2.75, 3.05) is 6.61 Å². The van der Waals surface area contributed by atoms with Gasteiger partial charge in [0.1, 0.15) is 5.75 Å². The van der Waals surface area contributed by atoms with Crippen LogP contribution in [-0.2, 0) is 20.7 Å². The molecule has 5 nitrogen and oxygen atoms in total. The van der Waals surface area contributed by atoms with Crippen molar-refractivity contribution in [2.45, 2.75) is 19.8 Å². The van der Waals surface area contributed by atoms with E-state index < -0.39 is 17.9 Å². The van der Waals surface area contributed by atoms with Crippen molar-refractivity contribution in [1.82, 2.24) is 0 Å². The first-order valence-electron chi connectivity index (χ1n) is 5.69. The van der Waals surface area contributed by atoms with E-state index in [1.807, 2.05) is 0 Å². The standard InChI is InChI=1S/C13H16O5/c1-2-18-13(17)10(8-12(15)16)7-9-3-5-11(14)6-4-9/h3-6,10,14H,2,7-8H2,1H3,(H,15,16). The third-order valence-corrected chi connectivity index (χ3v) is 2.46. The maximum absolute atomic E-state index is 11.6. The second kappa shape index (κ2) is 6.64. The van der Waals surface area contributed by atoms with E-state index >= 15 is 0 Å². The number of ether oxygens (including phenoxy) is 1.